The number of halogens is 2. The number of nitrogens with zero attached hydrogens (tertiary/aromatic N) is 2. The monoisotopic (exact) mass is 645 g/mol. The summed E-state index contributed by atoms with van der Waals surface area (Å²) in [6.07, 6.45) is 0.731. The Morgan fingerprint density at radius 1 is 0.909 bits per heavy atom. The number of carbonyl (C=O) groups excluding carboxylic acids is 3. The van der Waals surface area contributed by atoms with Gasteiger partial charge in [0, 0.05) is 26.8 Å². The molecule has 1 aromatic heterocycles. The van der Waals surface area contributed by atoms with Crippen LogP contribution in [0, 0.1) is 35.4 Å². The minimum absolute atomic E-state index is 0.0317. The van der Waals surface area contributed by atoms with Crippen LogP contribution in [-0.2, 0) is 20.9 Å². The van der Waals surface area contributed by atoms with Gasteiger partial charge < -0.3 is 5.32 Å². The number of hydrogen-bond donors (Lipinski definition) is 1. The number of amides is 3. The van der Waals surface area contributed by atoms with Gasteiger partial charge in [-0.3, -0.25) is 28.6 Å². The number of benzene rings is 3. The van der Waals surface area contributed by atoms with Crippen molar-refractivity contribution < 1.29 is 18.8 Å². The molecule has 2 aliphatic carbocycles. The SMILES string of the molecule is O=C(Cn1c2c(sc1=O)C(c1ccc(F)cc1)C1C3CC(C1S2)C1C(=O)N(c2ccc(Cl)cc2)C(=O)C31)Nc1ccccc1. The van der Waals surface area contributed by atoms with Gasteiger partial charge in [0.25, 0.3) is 0 Å². The zero-order chi connectivity index (χ0) is 30.3. The summed E-state index contributed by atoms with van der Waals surface area (Å²) in [7, 11) is 0. The standard InChI is InChI=1S/C33H25ClFN3O4S2/c34-17-8-12-20(13-9-17)38-30(40)26-21-14-22(27(26)31(38)41)28-25(21)24(16-6-10-18(35)11-7-16)29-32(43-28)37(33(42)44-29)15-23(39)36-19-4-2-1-3-5-19/h1-13,21-22,24-28H,14-15H2,(H,36,39). The van der Waals surface area contributed by atoms with Gasteiger partial charge in [0.1, 0.15) is 12.4 Å². The number of anilines is 2. The first kappa shape index (κ1) is 27.8. The molecule has 1 N–H and O–H groups in total. The minimum atomic E-state index is -0.454. The number of aromatic nitrogens is 1. The second-order valence-corrected chi connectivity index (χ2v) is 14.4. The lowest BCUT2D eigenvalue weighted by Gasteiger charge is -2.43. The summed E-state index contributed by atoms with van der Waals surface area (Å²) in [6.45, 7) is -0.151. The predicted molar refractivity (Wildman–Crippen MR) is 168 cm³/mol. The minimum Gasteiger partial charge on any atom is -0.325 e. The van der Waals surface area contributed by atoms with E-state index in [9.17, 15) is 23.6 Å². The van der Waals surface area contributed by atoms with Crippen LogP contribution in [0.5, 0.6) is 0 Å². The van der Waals surface area contributed by atoms with Crippen LogP contribution in [0.15, 0.2) is 88.7 Å². The molecule has 8 rings (SSSR count). The Labute approximate surface area is 265 Å². The summed E-state index contributed by atoms with van der Waals surface area (Å²) < 4.78 is 15.6. The summed E-state index contributed by atoms with van der Waals surface area (Å²) in [6, 6.07) is 22.1. The Morgan fingerprint density at radius 2 is 1.59 bits per heavy atom. The first-order valence-corrected chi connectivity index (χ1v) is 16.5. The number of rotatable bonds is 5. The van der Waals surface area contributed by atoms with Gasteiger partial charge in [-0.2, -0.15) is 0 Å². The van der Waals surface area contributed by atoms with Gasteiger partial charge in [-0.25, -0.2) is 4.39 Å². The topological polar surface area (TPSA) is 88.5 Å². The summed E-state index contributed by atoms with van der Waals surface area (Å²) >= 11 is 8.75. The average Bonchev–Trinajstić information content (AvgIpc) is 3.73. The molecule has 4 aliphatic rings. The molecule has 0 radical (unpaired) electrons. The van der Waals surface area contributed by atoms with E-state index in [-0.39, 0.29) is 63.9 Å². The molecule has 7 unspecified atom stereocenters. The maximum atomic E-state index is 14.1. The number of nitrogens with one attached hydrogen (secondary N) is 1. The third-order valence-corrected chi connectivity index (χ3v) is 12.7. The van der Waals surface area contributed by atoms with E-state index in [0.29, 0.717) is 21.4 Å². The number of carbonyl (C=O) groups is 3. The molecular weight excluding hydrogens is 621 g/mol. The highest BCUT2D eigenvalue weighted by Crippen LogP contribution is 2.69. The van der Waals surface area contributed by atoms with Gasteiger partial charge in [0.05, 0.1) is 22.5 Å². The highest BCUT2D eigenvalue weighted by Gasteiger charge is 2.69. The molecule has 44 heavy (non-hydrogen) atoms. The van der Waals surface area contributed by atoms with E-state index in [0.717, 1.165) is 28.2 Å². The lowest BCUT2D eigenvalue weighted by Crippen LogP contribution is -2.43. The van der Waals surface area contributed by atoms with Gasteiger partial charge >= 0.3 is 4.87 Å². The number of fused-ring (bicyclic) bond motifs is 9. The molecule has 4 aromatic rings. The normalized spacial score (nSPS) is 28.1. The molecule has 11 heteroatoms. The van der Waals surface area contributed by atoms with Crippen LogP contribution in [0.2, 0.25) is 5.02 Å². The number of thiazole rings is 1. The van der Waals surface area contributed by atoms with Crippen molar-refractivity contribution >= 4 is 63.8 Å². The smallest absolute Gasteiger partial charge is 0.308 e. The molecule has 0 spiro atoms. The largest absolute Gasteiger partial charge is 0.325 e. The molecule has 2 aliphatic heterocycles. The summed E-state index contributed by atoms with van der Waals surface area (Å²) in [5, 5.41) is 4.05. The Kier molecular flexibility index (Phi) is 6.59. The molecule has 3 amide bonds. The van der Waals surface area contributed by atoms with Crippen LogP contribution < -0.4 is 15.1 Å². The van der Waals surface area contributed by atoms with Gasteiger partial charge in [0.2, 0.25) is 17.7 Å². The van der Waals surface area contributed by atoms with Crippen molar-refractivity contribution in [2.75, 3.05) is 10.2 Å². The number of thioether (sulfide) groups is 1. The van der Waals surface area contributed by atoms with Crippen LogP contribution in [0.3, 0.4) is 0 Å². The van der Waals surface area contributed by atoms with Crippen LogP contribution in [-0.4, -0.2) is 27.5 Å². The predicted octanol–water partition coefficient (Wildman–Crippen LogP) is 6.02. The van der Waals surface area contributed by atoms with Crippen LogP contribution >= 0.6 is 34.7 Å². The third kappa shape index (κ3) is 4.22. The molecular formula is C33H25ClFN3O4S2. The van der Waals surface area contributed by atoms with Crippen molar-refractivity contribution in [1.29, 1.82) is 0 Å². The lowest BCUT2D eigenvalue weighted by atomic mass is 9.68. The van der Waals surface area contributed by atoms with E-state index in [1.165, 1.54) is 21.6 Å². The maximum absolute atomic E-state index is 14.1. The van der Waals surface area contributed by atoms with E-state index in [2.05, 4.69) is 5.32 Å². The van der Waals surface area contributed by atoms with Crippen LogP contribution in [0.1, 0.15) is 22.8 Å². The van der Waals surface area contributed by atoms with Crippen molar-refractivity contribution in [3.63, 3.8) is 0 Å². The summed E-state index contributed by atoms with van der Waals surface area (Å²) in [4.78, 5) is 56.2. The van der Waals surface area contributed by atoms with Crippen molar-refractivity contribution in [3.05, 3.63) is 110 Å². The molecule has 2 saturated carbocycles. The fraction of sp³-hybridized carbons (Fsp3) is 0.273. The second-order valence-electron chi connectivity index (χ2n) is 11.8. The van der Waals surface area contributed by atoms with E-state index >= 15 is 0 Å². The van der Waals surface area contributed by atoms with E-state index in [1.54, 1.807) is 60.3 Å². The van der Waals surface area contributed by atoms with Crippen LogP contribution in [0.25, 0.3) is 0 Å². The highest BCUT2D eigenvalue weighted by atomic mass is 35.5. The van der Waals surface area contributed by atoms with E-state index in [4.69, 9.17) is 11.6 Å². The number of hydrogen-bond acceptors (Lipinski definition) is 6. The highest BCUT2D eigenvalue weighted by molar-refractivity contribution is 8.00. The molecule has 7 atom stereocenters. The summed E-state index contributed by atoms with van der Waals surface area (Å²) in [5.41, 5.74) is 2.02. The molecule has 222 valence electrons. The lowest BCUT2D eigenvalue weighted by molar-refractivity contribution is -0.123. The third-order valence-electron chi connectivity index (χ3n) is 9.62. The quantitative estimate of drug-likeness (QED) is 0.268. The van der Waals surface area contributed by atoms with E-state index in [1.807, 2.05) is 18.2 Å². The summed E-state index contributed by atoms with van der Waals surface area (Å²) in [5.74, 6) is -2.42. The van der Waals surface area contributed by atoms with Crippen molar-refractivity contribution in [2.45, 2.75) is 29.2 Å². The Balaban J connectivity index is 1.18. The molecule has 3 fully saturated rings. The van der Waals surface area contributed by atoms with Crippen LogP contribution in [0.4, 0.5) is 15.8 Å². The first-order chi connectivity index (χ1) is 21.3. The second kappa shape index (κ2) is 10.4. The Hall–Kier alpha value is -3.73. The maximum Gasteiger partial charge on any atom is 0.308 e. The molecule has 3 heterocycles. The first-order valence-electron chi connectivity index (χ1n) is 14.4. The average molecular weight is 646 g/mol. The van der Waals surface area contributed by atoms with Crippen molar-refractivity contribution in [1.82, 2.24) is 4.57 Å². The Bertz CT molecular complexity index is 1880. The molecule has 1 saturated heterocycles. The van der Waals surface area contributed by atoms with E-state index < -0.39 is 11.8 Å². The fourth-order valence-electron chi connectivity index (χ4n) is 8.01. The molecule has 3 aromatic carbocycles. The molecule has 2 bridgehead atoms. The zero-order valence-electron chi connectivity index (χ0n) is 23.1. The van der Waals surface area contributed by atoms with Crippen molar-refractivity contribution in [3.8, 4) is 0 Å². The Morgan fingerprint density at radius 3 is 2.30 bits per heavy atom. The van der Waals surface area contributed by atoms with Crippen molar-refractivity contribution in [2.24, 2.45) is 29.6 Å². The zero-order valence-corrected chi connectivity index (χ0v) is 25.4. The van der Waals surface area contributed by atoms with Gasteiger partial charge in [-0.1, -0.05) is 53.3 Å². The molecule has 7 nitrogen and oxygen atoms in total. The number of imide groups is 1. The van der Waals surface area contributed by atoms with Gasteiger partial charge in [-0.05, 0) is 78.3 Å². The fourth-order valence-corrected chi connectivity index (χ4v) is 11.3. The number of para-hydroxylation sites is 1. The van der Waals surface area contributed by atoms with Gasteiger partial charge in [0.15, 0.2) is 0 Å². The van der Waals surface area contributed by atoms with Gasteiger partial charge in [-0.15, -0.1) is 11.8 Å².